The lowest BCUT2D eigenvalue weighted by Gasteiger charge is -2.13. The van der Waals surface area contributed by atoms with Crippen molar-refractivity contribution in [2.45, 2.75) is 18.7 Å². The summed E-state index contributed by atoms with van der Waals surface area (Å²) in [6, 6.07) is 18.4. The number of sulfonamides is 1. The Morgan fingerprint density at radius 1 is 0.857 bits per heavy atom. The third-order valence-electron chi connectivity index (χ3n) is 4.20. The molecular weight excluding hydrogens is 396 g/mol. The highest BCUT2D eigenvalue weighted by atomic mass is 35.5. The number of amides is 1. The van der Waals surface area contributed by atoms with Crippen LogP contribution in [0.5, 0.6) is 0 Å². The fourth-order valence-corrected chi connectivity index (χ4v) is 4.27. The zero-order chi connectivity index (χ0) is 20.3. The number of aryl methyl sites for hydroxylation is 2. The van der Waals surface area contributed by atoms with Gasteiger partial charge in [-0.25, -0.2) is 8.42 Å². The maximum absolute atomic E-state index is 12.8. The monoisotopic (exact) mass is 414 g/mol. The SMILES string of the molecule is Cc1ccccc1C(=O)Nc1ccc(C)c(S(=O)(=O)Nc2cccc(Cl)c2)c1. The summed E-state index contributed by atoms with van der Waals surface area (Å²) in [6.07, 6.45) is 0. The average Bonchev–Trinajstić information content (AvgIpc) is 2.63. The first kappa shape index (κ1) is 19.9. The number of nitrogens with one attached hydrogen (secondary N) is 2. The second kappa shape index (κ2) is 8.04. The zero-order valence-electron chi connectivity index (χ0n) is 15.4. The van der Waals surface area contributed by atoms with E-state index in [1.54, 1.807) is 49.4 Å². The number of carbonyl (C=O) groups excluding carboxylic acids is 1. The minimum Gasteiger partial charge on any atom is -0.322 e. The van der Waals surface area contributed by atoms with Gasteiger partial charge >= 0.3 is 0 Å². The van der Waals surface area contributed by atoms with Crippen LogP contribution in [0, 0.1) is 13.8 Å². The maximum Gasteiger partial charge on any atom is 0.262 e. The summed E-state index contributed by atoms with van der Waals surface area (Å²) < 4.78 is 28.2. The van der Waals surface area contributed by atoms with Gasteiger partial charge in [0.25, 0.3) is 15.9 Å². The van der Waals surface area contributed by atoms with Crippen molar-refractivity contribution in [3.05, 3.63) is 88.4 Å². The highest BCUT2D eigenvalue weighted by molar-refractivity contribution is 7.92. The molecule has 28 heavy (non-hydrogen) atoms. The van der Waals surface area contributed by atoms with Gasteiger partial charge in [-0.3, -0.25) is 9.52 Å². The maximum atomic E-state index is 12.8. The summed E-state index contributed by atoms with van der Waals surface area (Å²) in [5.74, 6) is -0.298. The van der Waals surface area contributed by atoms with Crippen molar-refractivity contribution < 1.29 is 13.2 Å². The molecule has 0 radical (unpaired) electrons. The molecule has 0 saturated heterocycles. The molecule has 0 aliphatic heterocycles. The van der Waals surface area contributed by atoms with E-state index in [0.29, 0.717) is 27.5 Å². The van der Waals surface area contributed by atoms with Gasteiger partial charge in [0.15, 0.2) is 0 Å². The van der Waals surface area contributed by atoms with Crippen LogP contribution >= 0.6 is 11.6 Å². The smallest absolute Gasteiger partial charge is 0.262 e. The summed E-state index contributed by atoms with van der Waals surface area (Å²) in [5, 5.41) is 3.19. The molecule has 0 atom stereocenters. The van der Waals surface area contributed by atoms with Gasteiger partial charge in [0.05, 0.1) is 10.6 Å². The number of carbonyl (C=O) groups is 1. The van der Waals surface area contributed by atoms with Crippen LogP contribution in [0.15, 0.2) is 71.6 Å². The highest BCUT2D eigenvalue weighted by Gasteiger charge is 2.19. The van der Waals surface area contributed by atoms with Crippen LogP contribution in [0.3, 0.4) is 0 Å². The van der Waals surface area contributed by atoms with Crippen molar-refractivity contribution in [1.82, 2.24) is 0 Å². The molecule has 3 aromatic rings. The van der Waals surface area contributed by atoms with Crippen molar-refractivity contribution in [2.24, 2.45) is 0 Å². The van der Waals surface area contributed by atoms with Crippen LogP contribution in [0.1, 0.15) is 21.5 Å². The molecule has 3 rings (SSSR count). The number of hydrogen-bond acceptors (Lipinski definition) is 3. The van der Waals surface area contributed by atoms with E-state index < -0.39 is 10.0 Å². The Labute approximate surface area is 169 Å². The largest absolute Gasteiger partial charge is 0.322 e. The molecule has 0 bridgehead atoms. The van der Waals surface area contributed by atoms with Crippen molar-refractivity contribution in [3.63, 3.8) is 0 Å². The Morgan fingerprint density at radius 3 is 2.32 bits per heavy atom. The third-order valence-corrected chi connectivity index (χ3v) is 5.96. The number of anilines is 2. The number of rotatable bonds is 5. The molecule has 0 aliphatic carbocycles. The van der Waals surface area contributed by atoms with Gasteiger partial charge < -0.3 is 5.32 Å². The van der Waals surface area contributed by atoms with Crippen LogP contribution in [0.25, 0.3) is 0 Å². The van der Waals surface area contributed by atoms with Gasteiger partial charge in [0.2, 0.25) is 0 Å². The molecule has 0 fully saturated rings. The van der Waals surface area contributed by atoms with Gasteiger partial charge in [0, 0.05) is 16.3 Å². The molecule has 0 spiro atoms. The van der Waals surface area contributed by atoms with E-state index in [1.165, 1.54) is 12.1 Å². The van der Waals surface area contributed by atoms with Crippen LogP contribution in [0.4, 0.5) is 11.4 Å². The quantitative estimate of drug-likeness (QED) is 0.616. The van der Waals surface area contributed by atoms with E-state index in [-0.39, 0.29) is 10.8 Å². The molecule has 2 N–H and O–H groups in total. The molecule has 144 valence electrons. The second-order valence-corrected chi connectivity index (χ2v) is 8.45. The molecule has 0 saturated carbocycles. The van der Waals surface area contributed by atoms with Crippen LogP contribution < -0.4 is 10.0 Å². The molecular formula is C21H19ClN2O3S. The topological polar surface area (TPSA) is 75.3 Å². The van der Waals surface area contributed by atoms with E-state index >= 15 is 0 Å². The van der Waals surface area contributed by atoms with Gasteiger partial charge in [-0.05, 0) is 61.4 Å². The lowest BCUT2D eigenvalue weighted by Crippen LogP contribution is -2.16. The first-order chi connectivity index (χ1) is 13.3. The van der Waals surface area contributed by atoms with Crippen LogP contribution in [-0.4, -0.2) is 14.3 Å². The molecule has 1 amide bonds. The van der Waals surface area contributed by atoms with E-state index in [0.717, 1.165) is 5.56 Å². The number of halogens is 1. The second-order valence-electron chi connectivity index (χ2n) is 6.37. The Bertz CT molecular complexity index is 1140. The normalized spacial score (nSPS) is 11.1. The van der Waals surface area contributed by atoms with Gasteiger partial charge in [-0.1, -0.05) is 41.9 Å². The number of hydrogen-bond donors (Lipinski definition) is 2. The predicted octanol–water partition coefficient (Wildman–Crippen LogP) is 5.01. The molecule has 0 unspecified atom stereocenters. The summed E-state index contributed by atoms with van der Waals surface area (Å²) in [6.45, 7) is 3.54. The number of benzene rings is 3. The molecule has 7 heteroatoms. The lowest BCUT2D eigenvalue weighted by molar-refractivity contribution is 0.102. The Hall–Kier alpha value is -2.83. The Morgan fingerprint density at radius 2 is 1.61 bits per heavy atom. The lowest BCUT2D eigenvalue weighted by atomic mass is 10.1. The van der Waals surface area contributed by atoms with E-state index in [2.05, 4.69) is 10.0 Å². The van der Waals surface area contributed by atoms with Crippen molar-refractivity contribution in [2.75, 3.05) is 10.0 Å². The highest BCUT2D eigenvalue weighted by Crippen LogP contribution is 2.24. The zero-order valence-corrected chi connectivity index (χ0v) is 16.9. The first-order valence-corrected chi connectivity index (χ1v) is 10.4. The predicted molar refractivity (Wildman–Crippen MR) is 113 cm³/mol. The minimum absolute atomic E-state index is 0.0788. The summed E-state index contributed by atoms with van der Waals surface area (Å²) >= 11 is 5.92. The molecule has 3 aromatic carbocycles. The van der Waals surface area contributed by atoms with E-state index in [9.17, 15) is 13.2 Å². The minimum atomic E-state index is -3.85. The summed E-state index contributed by atoms with van der Waals surface area (Å²) in [4.78, 5) is 12.6. The molecule has 0 aliphatic rings. The molecule has 0 aromatic heterocycles. The van der Waals surface area contributed by atoms with Crippen LogP contribution in [0.2, 0.25) is 5.02 Å². The van der Waals surface area contributed by atoms with Gasteiger partial charge in [-0.2, -0.15) is 0 Å². The Kier molecular flexibility index (Phi) is 5.72. The third kappa shape index (κ3) is 4.52. The molecule has 0 heterocycles. The fraction of sp³-hybridized carbons (Fsp3) is 0.0952. The standard InChI is InChI=1S/C21H19ClN2O3S/c1-14-6-3-4-9-19(14)21(25)23-17-11-10-15(2)20(13-17)28(26,27)24-18-8-5-7-16(22)12-18/h3-13,24H,1-2H3,(H,23,25). The summed E-state index contributed by atoms with van der Waals surface area (Å²) in [5.41, 5.74) is 2.68. The molecule has 5 nitrogen and oxygen atoms in total. The van der Waals surface area contributed by atoms with Crippen molar-refractivity contribution >= 4 is 38.9 Å². The van der Waals surface area contributed by atoms with Gasteiger partial charge in [0.1, 0.15) is 0 Å². The first-order valence-electron chi connectivity index (χ1n) is 8.52. The fourth-order valence-electron chi connectivity index (χ4n) is 2.76. The van der Waals surface area contributed by atoms with Gasteiger partial charge in [-0.15, -0.1) is 0 Å². The average molecular weight is 415 g/mol. The van der Waals surface area contributed by atoms with Crippen molar-refractivity contribution in [3.8, 4) is 0 Å². The Balaban J connectivity index is 1.89. The van der Waals surface area contributed by atoms with Crippen molar-refractivity contribution in [1.29, 1.82) is 0 Å². The van der Waals surface area contributed by atoms with E-state index in [4.69, 9.17) is 11.6 Å². The summed E-state index contributed by atoms with van der Waals surface area (Å²) in [7, 11) is -3.85. The van der Waals surface area contributed by atoms with Crippen LogP contribution in [-0.2, 0) is 10.0 Å². The van der Waals surface area contributed by atoms with E-state index in [1.807, 2.05) is 19.1 Å².